The van der Waals surface area contributed by atoms with Crippen LogP contribution in [0.4, 0.5) is 0 Å². The number of hydrogen-bond acceptors (Lipinski definition) is 4. The summed E-state index contributed by atoms with van der Waals surface area (Å²) >= 11 is 0. The van der Waals surface area contributed by atoms with Crippen molar-refractivity contribution in [3.8, 4) is 0 Å². The molecule has 0 aromatic heterocycles. The average molecular weight is 313 g/mol. The van der Waals surface area contributed by atoms with Crippen molar-refractivity contribution >= 4 is 11.8 Å². The Hall–Kier alpha value is -1.72. The molecule has 3 aliphatic rings. The van der Waals surface area contributed by atoms with Gasteiger partial charge in [-0.3, -0.25) is 19.8 Å². The highest BCUT2D eigenvalue weighted by Crippen LogP contribution is 2.32. The van der Waals surface area contributed by atoms with Gasteiger partial charge in [0.2, 0.25) is 11.8 Å². The van der Waals surface area contributed by atoms with Crippen LogP contribution in [0, 0.1) is 0 Å². The first-order valence-corrected chi connectivity index (χ1v) is 8.61. The normalized spacial score (nSPS) is 26.2. The number of fused-ring (bicyclic) bond motifs is 1. The molecule has 3 heterocycles. The summed E-state index contributed by atoms with van der Waals surface area (Å²) in [5.74, 6) is 0.384. The number of hydrogen-bond donors (Lipinski definition) is 2. The third-order valence-corrected chi connectivity index (χ3v) is 5.44. The molecule has 1 unspecified atom stereocenters. The second-order valence-corrected chi connectivity index (χ2v) is 6.92. The summed E-state index contributed by atoms with van der Waals surface area (Å²) < 4.78 is 0. The maximum absolute atomic E-state index is 12.1. The molecule has 1 aromatic carbocycles. The summed E-state index contributed by atoms with van der Waals surface area (Å²) in [5.41, 5.74) is 4.12. The van der Waals surface area contributed by atoms with E-state index < -0.39 is 0 Å². The molecule has 2 amide bonds. The van der Waals surface area contributed by atoms with Crippen LogP contribution in [0.2, 0.25) is 0 Å². The molecule has 2 N–H and O–H groups in total. The quantitative estimate of drug-likeness (QED) is 0.807. The van der Waals surface area contributed by atoms with E-state index in [0.29, 0.717) is 18.8 Å². The lowest BCUT2D eigenvalue weighted by atomic mass is 9.88. The third-order valence-electron chi connectivity index (χ3n) is 5.44. The van der Waals surface area contributed by atoms with Gasteiger partial charge >= 0.3 is 0 Å². The molecule has 5 heteroatoms. The molecule has 0 saturated carbocycles. The molecule has 23 heavy (non-hydrogen) atoms. The fraction of sp³-hybridized carbons (Fsp3) is 0.556. The number of rotatable bonds is 2. The average Bonchev–Trinajstić information content (AvgIpc) is 2.98. The van der Waals surface area contributed by atoms with Crippen molar-refractivity contribution in [3.63, 3.8) is 0 Å². The van der Waals surface area contributed by atoms with E-state index in [1.54, 1.807) is 0 Å². The Balaban J connectivity index is 1.49. The zero-order valence-electron chi connectivity index (χ0n) is 13.3. The van der Waals surface area contributed by atoms with Crippen molar-refractivity contribution in [2.75, 3.05) is 13.1 Å². The molecule has 2 fully saturated rings. The molecule has 0 aliphatic carbocycles. The van der Waals surface area contributed by atoms with Crippen LogP contribution in [0.5, 0.6) is 0 Å². The maximum atomic E-state index is 12.1. The topological polar surface area (TPSA) is 61.4 Å². The lowest BCUT2D eigenvalue weighted by molar-refractivity contribution is -0.137. The van der Waals surface area contributed by atoms with Gasteiger partial charge in [0, 0.05) is 19.5 Å². The molecule has 1 atom stereocenters. The first-order valence-electron chi connectivity index (χ1n) is 8.61. The fourth-order valence-electron chi connectivity index (χ4n) is 4.10. The van der Waals surface area contributed by atoms with Gasteiger partial charge in [0.15, 0.2) is 0 Å². The van der Waals surface area contributed by atoms with Gasteiger partial charge in [-0.2, -0.15) is 0 Å². The number of imide groups is 1. The maximum Gasteiger partial charge on any atom is 0.243 e. The van der Waals surface area contributed by atoms with E-state index in [2.05, 4.69) is 33.7 Å². The predicted octanol–water partition coefficient (Wildman–Crippen LogP) is 1.27. The van der Waals surface area contributed by atoms with Crippen LogP contribution >= 0.6 is 0 Å². The van der Waals surface area contributed by atoms with Crippen molar-refractivity contribution in [2.24, 2.45) is 0 Å². The Morgan fingerprint density at radius 2 is 1.78 bits per heavy atom. The number of amides is 2. The summed E-state index contributed by atoms with van der Waals surface area (Å²) in [6.45, 7) is 3.84. The highest BCUT2D eigenvalue weighted by Gasteiger charge is 2.34. The molecule has 122 valence electrons. The molecule has 3 aliphatic heterocycles. The lowest BCUT2D eigenvalue weighted by Crippen LogP contribution is -2.50. The van der Waals surface area contributed by atoms with E-state index in [4.69, 9.17) is 0 Å². The minimum atomic E-state index is -0.164. The SMILES string of the molecule is O=C1CCC(N2Cc3ccc(C4CCNCC4)cc3C2)C(=O)N1. The molecule has 0 spiro atoms. The van der Waals surface area contributed by atoms with Crippen molar-refractivity contribution < 1.29 is 9.59 Å². The molecular weight excluding hydrogens is 290 g/mol. The van der Waals surface area contributed by atoms with Crippen LogP contribution in [0.15, 0.2) is 18.2 Å². The zero-order chi connectivity index (χ0) is 15.8. The number of nitrogens with zero attached hydrogens (tertiary/aromatic N) is 1. The monoisotopic (exact) mass is 313 g/mol. The second-order valence-electron chi connectivity index (χ2n) is 6.92. The molecule has 1 aromatic rings. The van der Waals surface area contributed by atoms with E-state index in [9.17, 15) is 9.59 Å². The van der Waals surface area contributed by atoms with Crippen LogP contribution in [0.1, 0.15) is 48.3 Å². The molecule has 0 radical (unpaired) electrons. The zero-order valence-corrected chi connectivity index (χ0v) is 13.3. The highest BCUT2D eigenvalue weighted by atomic mass is 16.2. The largest absolute Gasteiger partial charge is 0.317 e. The molecular formula is C18H23N3O2. The van der Waals surface area contributed by atoms with Crippen LogP contribution in [0.25, 0.3) is 0 Å². The van der Waals surface area contributed by atoms with E-state index in [1.807, 2.05) is 0 Å². The van der Waals surface area contributed by atoms with Crippen LogP contribution in [-0.4, -0.2) is 35.8 Å². The van der Waals surface area contributed by atoms with Crippen LogP contribution in [0.3, 0.4) is 0 Å². The van der Waals surface area contributed by atoms with Gasteiger partial charge in [0.05, 0.1) is 6.04 Å². The Labute approximate surface area is 136 Å². The Kier molecular flexibility index (Phi) is 3.91. The number of benzene rings is 1. The van der Waals surface area contributed by atoms with E-state index in [1.165, 1.54) is 29.5 Å². The van der Waals surface area contributed by atoms with Crippen molar-refractivity contribution in [1.82, 2.24) is 15.5 Å². The van der Waals surface area contributed by atoms with Gasteiger partial charge < -0.3 is 5.32 Å². The lowest BCUT2D eigenvalue weighted by Gasteiger charge is -2.29. The van der Waals surface area contributed by atoms with Gasteiger partial charge in [0.25, 0.3) is 0 Å². The molecule has 0 bridgehead atoms. The standard InChI is InChI=1S/C18H23N3O2/c22-17-4-3-16(18(23)20-17)21-10-14-2-1-13(9-15(14)11-21)12-5-7-19-8-6-12/h1-2,9,12,16,19H,3-8,10-11H2,(H,20,22,23). The van der Waals surface area contributed by atoms with Crippen LogP contribution < -0.4 is 10.6 Å². The van der Waals surface area contributed by atoms with Crippen molar-refractivity contribution in [3.05, 3.63) is 34.9 Å². The summed E-state index contributed by atoms with van der Waals surface area (Å²) in [6.07, 6.45) is 3.49. The third kappa shape index (κ3) is 2.91. The second kappa shape index (κ2) is 6.06. The highest BCUT2D eigenvalue weighted by molar-refractivity contribution is 6.00. The van der Waals surface area contributed by atoms with E-state index in [0.717, 1.165) is 26.2 Å². The minimum Gasteiger partial charge on any atom is -0.317 e. The van der Waals surface area contributed by atoms with Gasteiger partial charge in [-0.05, 0) is 55.0 Å². The molecule has 5 nitrogen and oxygen atoms in total. The van der Waals surface area contributed by atoms with Gasteiger partial charge in [-0.1, -0.05) is 18.2 Å². The van der Waals surface area contributed by atoms with Crippen molar-refractivity contribution in [1.29, 1.82) is 0 Å². The summed E-state index contributed by atoms with van der Waals surface area (Å²) in [5, 5.41) is 5.88. The van der Waals surface area contributed by atoms with Gasteiger partial charge in [-0.15, -0.1) is 0 Å². The predicted molar refractivity (Wildman–Crippen MR) is 86.7 cm³/mol. The summed E-state index contributed by atoms with van der Waals surface area (Å²) in [4.78, 5) is 25.6. The van der Waals surface area contributed by atoms with Gasteiger partial charge in [0.1, 0.15) is 0 Å². The molecule has 2 saturated heterocycles. The van der Waals surface area contributed by atoms with E-state index in [-0.39, 0.29) is 17.9 Å². The number of piperidine rings is 2. The fourth-order valence-corrected chi connectivity index (χ4v) is 4.10. The van der Waals surface area contributed by atoms with Crippen molar-refractivity contribution in [2.45, 2.75) is 50.7 Å². The number of carbonyl (C=O) groups excluding carboxylic acids is 2. The Bertz CT molecular complexity index is 637. The molecule has 4 rings (SSSR count). The van der Waals surface area contributed by atoms with Crippen LogP contribution in [-0.2, 0) is 22.7 Å². The Morgan fingerprint density at radius 3 is 2.57 bits per heavy atom. The first-order chi connectivity index (χ1) is 11.2. The van der Waals surface area contributed by atoms with E-state index >= 15 is 0 Å². The summed E-state index contributed by atoms with van der Waals surface area (Å²) in [7, 11) is 0. The smallest absolute Gasteiger partial charge is 0.243 e. The minimum absolute atomic E-state index is 0.132. The summed E-state index contributed by atoms with van der Waals surface area (Å²) in [6, 6.07) is 6.68. The first kappa shape index (κ1) is 14.8. The van der Waals surface area contributed by atoms with Gasteiger partial charge in [-0.25, -0.2) is 0 Å². The number of carbonyl (C=O) groups is 2. The number of nitrogens with one attached hydrogen (secondary N) is 2. The Morgan fingerprint density at radius 1 is 1.00 bits per heavy atom.